The lowest BCUT2D eigenvalue weighted by atomic mass is 9.73. The summed E-state index contributed by atoms with van der Waals surface area (Å²) in [5.74, 6) is 0. The number of nitrogens with zero attached hydrogens (tertiary/aromatic N) is 2. The summed E-state index contributed by atoms with van der Waals surface area (Å²) in [6.07, 6.45) is 8.93. The van der Waals surface area contributed by atoms with E-state index >= 15 is 0 Å². The zero-order valence-electron chi connectivity index (χ0n) is 27.7. The Morgan fingerprint density at radius 1 is 0.617 bits per heavy atom. The van der Waals surface area contributed by atoms with Crippen LogP contribution in [-0.4, -0.2) is 24.4 Å². The van der Waals surface area contributed by atoms with E-state index in [1.54, 1.807) is 0 Å². The number of anilines is 1. The van der Waals surface area contributed by atoms with Crippen molar-refractivity contribution in [2.45, 2.75) is 37.5 Å². The van der Waals surface area contributed by atoms with Crippen LogP contribution in [0.1, 0.15) is 36.1 Å². The summed E-state index contributed by atoms with van der Waals surface area (Å²) >= 11 is 0. The van der Waals surface area contributed by atoms with Crippen molar-refractivity contribution in [3.05, 3.63) is 180 Å². The minimum absolute atomic E-state index is 0.182. The van der Waals surface area contributed by atoms with E-state index in [0.29, 0.717) is 0 Å². The van der Waals surface area contributed by atoms with Gasteiger partial charge in [0.2, 0.25) is 5.69 Å². The van der Waals surface area contributed by atoms with E-state index in [-0.39, 0.29) is 10.8 Å². The molecule has 0 saturated carbocycles. The monoisotopic (exact) mass is 609 g/mol. The maximum absolute atomic E-state index is 2.44. The number of hydrogen-bond acceptors (Lipinski definition) is 1. The largest absolute Gasteiger partial charge is 0.347 e. The van der Waals surface area contributed by atoms with Crippen molar-refractivity contribution in [3.63, 3.8) is 0 Å². The van der Waals surface area contributed by atoms with Crippen molar-refractivity contribution >= 4 is 38.6 Å². The fourth-order valence-corrected chi connectivity index (χ4v) is 8.63. The van der Waals surface area contributed by atoms with Crippen molar-refractivity contribution in [3.8, 4) is 0 Å². The maximum atomic E-state index is 2.44. The summed E-state index contributed by atoms with van der Waals surface area (Å²) in [6, 6.07) is 48.8. The van der Waals surface area contributed by atoms with Gasteiger partial charge in [0.25, 0.3) is 0 Å². The van der Waals surface area contributed by atoms with E-state index in [1.807, 2.05) is 0 Å². The van der Waals surface area contributed by atoms with E-state index in [9.17, 15) is 0 Å². The number of benzene rings is 6. The molecule has 0 bridgehead atoms. The predicted octanol–water partition coefficient (Wildman–Crippen LogP) is 10.3. The Labute approximate surface area is 278 Å². The summed E-state index contributed by atoms with van der Waals surface area (Å²) in [4.78, 5) is 2.42. The van der Waals surface area contributed by atoms with E-state index in [1.165, 1.54) is 66.6 Å². The number of rotatable bonds is 6. The molecular formula is C45H41N2+. The molecule has 230 valence electrons. The van der Waals surface area contributed by atoms with Gasteiger partial charge in [-0.1, -0.05) is 127 Å². The molecule has 0 N–H and O–H groups in total. The van der Waals surface area contributed by atoms with Crippen LogP contribution >= 0.6 is 0 Å². The molecule has 0 amide bonds. The molecule has 0 aliphatic carbocycles. The fourth-order valence-electron chi connectivity index (χ4n) is 8.63. The highest BCUT2D eigenvalue weighted by Gasteiger charge is 2.48. The van der Waals surface area contributed by atoms with Crippen LogP contribution in [0.5, 0.6) is 0 Å². The first-order chi connectivity index (χ1) is 22.9. The Balaban J connectivity index is 1.27. The highest BCUT2D eigenvalue weighted by atomic mass is 15.2. The summed E-state index contributed by atoms with van der Waals surface area (Å²) in [7, 11) is 4.48. The second-order valence-electron chi connectivity index (χ2n) is 13.8. The van der Waals surface area contributed by atoms with E-state index in [4.69, 9.17) is 0 Å². The van der Waals surface area contributed by atoms with Gasteiger partial charge in [0.05, 0.1) is 10.8 Å². The van der Waals surface area contributed by atoms with E-state index in [2.05, 4.69) is 189 Å². The van der Waals surface area contributed by atoms with Crippen LogP contribution in [0.2, 0.25) is 0 Å². The average molecular weight is 610 g/mol. The summed E-state index contributed by atoms with van der Waals surface area (Å²) in [5, 5.41) is 5.22. The molecule has 0 radical (unpaired) electrons. The lowest BCUT2D eigenvalue weighted by Crippen LogP contribution is -2.33. The topological polar surface area (TPSA) is 6.25 Å². The van der Waals surface area contributed by atoms with Crippen LogP contribution < -0.4 is 4.90 Å². The lowest BCUT2D eigenvalue weighted by Gasteiger charge is -2.29. The Morgan fingerprint density at radius 3 is 1.85 bits per heavy atom. The molecule has 2 heterocycles. The summed E-state index contributed by atoms with van der Waals surface area (Å²) in [6.45, 7) is 4.86. The second kappa shape index (κ2) is 11.2. The molecule has 47 heavy (non-hydrogen) atoms. The van der Waals surface area contributed by atoms with Gasteiger partial charge < -0.3 is 4.90 Å². The van der Waals surface area contributed by atoms with Gasteiger partial charge in [-0.3, -0.25) is 0 Å². The van der Waals surface area contributed by atoms with Crippen LogP contribution in [-0.2, 0) is 23.7 Å². The molecule has 0 aromatic heterocycles. The zero-order valence-corrected chi connectivity index (χ0v) is 27.7. The first kappa shape index (κ1) is 29.2. The molecule has 0 spiro atoms. The molecule has 0 fully saturated rings. The van der Waals surface area contributed by atoms with Crippen molar-refractivity contribution in [1.29, 1.82) is 0 Å². The van der Waals surface area contributed by atoms with Gasteiger partial charge in [0.1, 0.15) is 7.05 Å². The standard InChI is InChI=1S/C45H41N2/c1-44(30-32-16-7-5-8-17-32)38-28-26-35-21-12-14-23-37(35)43(38)47(4)40(44)24-15-25-41-45(2,31-33-18-9-6-10-19-33)42-36-22-13-11-20-34(36)27-29-39(42)46(41)3/h5-29H,30-31H2,1-4H3/q+1. The fraction of sp³-hybridized carbons (Fsp3) is 0.178. The molecule has 2 aliphatic heterocycles. The SMILES string of the molecule is CN1C(=CC=CC2=[N+](C)c3c(ccc4ccccc34)C2(C)Cc2ccccc2)C(C)(Cc2ccccc2)c2c1ccc1ccccc21. The van der Waals surface area contributed by atoms with E-state index < -0.39 is 0 Å². The van der Waals surface area contributed by atoms with Crippen molar-refractivity contribution in [2.75, 3.05) is 19.0 Å². The Hall–Kier alpha value is -5.21. The Bertz CT molecular complexity index is 2240. The van der Waals surface area contributed by atoms with Crippen molar-refractivity contribution in [1.82, 2.24) is 0 Å². The Morgan fingerprint density at radius 2 is 1.17 bits per heavy atom. The third kappa shape index (κ3) is 4.66. The molecule has 2 nitrogen and oxygen atoms in total. The van der Waals surface area contributed by atoms with Gasteiger partial charge in [0, 0.05) is 35.5 Å². The molecule has 6 aromatic carbocycles. The van der Waals surface area contributed by atoms with Gasteiger partial charge in [0.15, 0.2) is 5.71 Å². The van der Waals surface area contributed by atoms with Gasteiger partial charge >= 0.3 is 0 Å². The number of allylic oxidation sites excluding steroid dienone is 4. The van der Waals surface area contributed by atoms with Crippen LogP contribution in [0.15, 0.2) is 157 Å². The maximum Gasteiger partial charge on any atom is 0.217 e. The zero-order chi connectivity index (χ0) is 32.2. The summed E-state index contributed by atoms with van der Waals surface area (Å²) < 4.78 is 2.44. The van der Waals surface area contributed by atoms with E-state index in [0.717, 1.165) is 12.8 Å². The minimum Gasteiger partial charge on any atom is -0.347 e. The summed E-state index contributed by atoms with van der Waals surface area (Å²) in [5.41, 5.74) is 10.4. The molecule has 8 rings (SSSR count). The smallest absolute Gasteiger partial charge is 0.217 e. The van der Waals surface area contributed by atoms with Gasteiger partial charge in [-0.15, -0.1) is 0 Å². The molecule has 2 atom stereocenters. The minimum atomic E-state index is -0.199. The first-order valence-electron chi connectivity index (χ1n) is 16.7. The highest BCUT2D eigenvalue weighted by molar-refractivity contribution is 6.07. The molecular weight excluding hydrogens is 569 g/mol. The molecule has 2 aliphatic rings. The van der Waals surface area contributed by atoms with Crippen molar-refractivity contribution < 1.29 is 4.58 Å². The number of hydrogen-bond donors (Lipinski definition) is 0. The van der Waals surface area contributed by atoms with Crippen LogP contribution in [0, 0.1) is 0 Å². The van der Waals surface area contributed by atoms with Crippen molar-refractivity contribution in [2.24, 2.45) is 0 Å². The normalized spacial score (nSPS) is 21.4. The molecule has 2 unspecified atom stereocenters. The predicted molar refractivity (Wildman–Crippen MR) is 199 cm³/mol. The lowest BCUT2D eigenvalue weighted by molar-refractivity contribution is -0.399. The quantitative estimate of drug-likeness (QED) is 0.170. The second-order valence-corrected chi connectivity index (χ2v) is 13.8. The molecule has 6 aromatic rings. The third-order valence-corrected chi connectivity index (χ3v) is 10.8. The molecule has 0 saturated heterocycles. The van der Waals surface area contributed by atoms with Gasteiger partial charge in [-0.2, -0.15) is 4.58 Å². The average Bonchev–Trinajstić information content (AvgIpc) is 3.44. The third-order valence-electron chi connectivity index (χ3n) is 10.8. The molecule has 2 heteroatoms. The first-order valence-corrected chi connectivity index (χ1v) is 16.7. The van der Waals surface area contributed by atoms with Crippen LogP contribution in [0.4, 0.5) is 11.4 Å². The van der Waals surface area contributed by atoms with Crippen LogP contribution in [0.25, 0.3) is 21.5 Å². The van der Waals surface area contributed by atoms with Gasteiger partial charge in [-0.25, -0.2) is 0 Å². The number of likely N-dealkylation sites (N-methyl/N-ethyl adjacent to an activating group) is 1. The Kier molecular flexibility index (Phi) is 6.99. The highest BCUT2D eigenvalue weighted by Crippen LogP contribution is 2.52. The van der Waals surface area contributed by atoms with Gasteiger partial charge in [-0.05, 0) is 77.7 Å². The number of fused-ring (bicyclic) bond motifs is 6. The van der Waals surface area contributed by atoms with Crippen LogP contribution in [0.3, 0.4) is 0 Å².